The summed E-state index contributed by atoms with van der Waals surface area (Å²) in [6.07, 6.45) is -1.29. The molecule has 8 rings (SSSR count). The molecule has 314 valence electrons. The van der Waals surface area contributed by atoms with Gasteiger partial charge in [-0.05, 0) is 50.1 Å². The van der Waals surface area contributed by atoms with Crippen LogP contribution in [0.2, 0.25) is 0 Å². The van der Waals surface area contributed by atoms with Gasteiger partial charge in [-0.3, -0.25) is 9.59 Å². The van der Waals surface area contributed by atoms with Gasteiger partial charge >= 0.3 is 12.1 Å². The van der Waals surface area contributed by atoms with Crippen LogP contribution >= 0.6 is 0 Å². The fraction of sp³-hybridized carbons (Fsp3) is 0.148. The summed E-state index contributed by atoms with van der Waals surface area (Å²) in [4.78, 5) is 57.0. The van der Waals surface area contributed by atoms with Gasteiger partial charge in [0, 0.05) is 12.3 Å². The average molecular weight is 834 g/mol. The van der Waals surface area contributed by atoms with E-state index in [1.54, 1.807) is 0 Å². The monoisotopic (exact) mass is 833 g/mol. The lowest BCUT2D eigenvalue weighted by Crippen LogP contribution is -2.55. The minimum atomic E-state index is -1.47. The van der Waals surface area contributed by atoms with Gasteiger partial charge in [0.05, 0.1) is 6.42 Å². The van der Waals surface area contributed by atoms with Crippen LogP contribution in [0, 0.1) is 0 Å². The van der Waals surface area contributed by atoms with Gasteiger partial charge in [0.1, 0.15) is 30.8 Å². The number of fused-ring (bicyclic) bond motifs is 3. The van der Waals surface area contributed by atoms with E-state index in [0.29, 0.717) is 0 Å². The molecule has 0 unspecified atom stereocenters. The summed E-state index contributed by atoms with van der Waals surface area (Å²) in [5.74, 6) is -2.22. The van der Waals surface area contributed by atoms with Crippen LogP contribution in [0.5, 0.6) is 0 Å². The van der Waals surface area contributed by atoms with Crippen LogP contribution in [0.4, 0.5) is 4.79 Å². The predicted octanol–water partition coefficient (Wildman–Crippen LogP) is 8.86. The number of carbonyl (C=O) groups excluding carboxylic acids is 4. The first-order valence-electron chi connectivity index (χ1n) is 21.0. The zero-order chi connectivity index (χ0) is 43.4. The normalized spacial score (nSPS) is 12.8. The molecule has 9 heteroatoms. The lowest BCUT2D eigenvalue weighted by atomic mass is 9.77. The number of benzene rings is 7. The first-order chi connectivity index (χ1) is 30.9. The fourth-order valence-corrected chi connectivity index (χ4v) is 8.36. The Hall–Kier alpha value is -7.78. The van der Waals surface area contributed by atoms with E-state index in [2.05, 4.69) is 16.0 Å². The molecule has 2 atom stereocenters. The molecule has 7 aromatic carbocycles. The topological polar surface area (TPSA) is 123 Å². The predicted molar refractivity (Wildman–Crippen MR) is 242 cm³/mol. The van der Waals surface area contributed by atoms with Crippen molar-refractivity contribution in [2.75, 3.05) is 6.61 Å². The summed E-state index contributed by atoms with van der Waals surface area (Å²) in [5, 5.41) is 8.82. The lowest BCUT2D eigenvalue weighted by molar-refractivity contribution is -0.149. The van der Waals surface area contributed by atoms with Crippen molar-refractivity contribution in [1.29, 1.82) is 0 Å². The van der Waals surface area contributed by atoms with Crippen molar-refractivity contribution in [2.45, 2.75) is 43.0 Å². The van der Waals surface area contributed by atoms with Crippen LogP contribution in [0.3, 0.4) is 0 Å². The molecule has 0 fully saturated rings. The van der Waals surface area contributed by atoms with Crippen molar-refractivity contribution in [3.8, 4) is 11.1 Å². The molecular formula is C54H47N3O6. The summed E-state index contributed by atoms with van der Waals surface area (Å²) in [6, 6.07) is 60.6. The van der Waals surface area contributed by atoms with Crippen molar-refractivity contribution in [1.82, 2.24) is 16.0 Å². The molecule has 0 saturated carbocycles. The van der Waals surface area contributed by atoms with E-state index in [1.165, 1.54) is 0 Å². The molecule has 63 heavy (non-hydrogen) atoms. The molecule has 3 amide bonds. The quantitative estimate of drug-likeness (QED) is 0.0661. The zero-order valence-electron chi connectivity index (χ0n) is 34.6. The molecule has 7 aromatic rings. The molecule has 1 aliphatic carbocycles. The van der Waals surface area contributed by atoms with Crippen LogP contribution in [-0.4, -0.2) is 42.6 Å². The smallest absolute Gasteiger partial charge is 0.407 e. The third-order valence-electron chi connectivity index (χ3n) is 11.4. The zero-order valence-corrected chi connectivity index (χ0v) is 34.6. The van der Waals surface area contributed by atoms with Crippen molar-refractivity contribution in [2.24, 2.45) is 0 Å². The number of nitrogens with one attached hydrogen (secondary N) is 3. The van der Waals surface area contributed by atoms with E-state index in [9.17, 15) is 19.2 Å². The van der Waals surface area contributed by atoms with Gasteiger partial charge in [-0.25, -0.2) is 9.59 Å². The molecule has 3 N–H and O–H groups in total. The SMILES string of the molecule is O=C(C[C@H](NC(=O)OCC1c2ccccc2-c2ccccc21)C(=O)N[C@@H](Cc1ccccc1)C(=O)OCc1ccccc1)NC(c1ccccc1)(c1ccccc1)c1ccccc1. The highest BCUT2D eigenvalue weighted by molar-refractivity contribution is 5.94. The molecule has 0 bridgehead atoms. The van der Waals surface area contributed by atoms with Crippen LogP contribution < -0.4 is 16.0 Å². The fourth-order valence-electron chi connectivity index (χ4n) is 8.36. The lowest BCUT2D eigenvalue weighted by Gasteiger charge is -2.37. The highest BCUT2D eigenvalue weighted by Crippen LogP contribution is 2.44. The van der Waals surface area contributed by atoms with Gasteiger partial charge in [0.2, 0.25) is 11.8 Å². The van der Waals surface area contributed by atoms with Gasteiger partial charge in [-0.1, -0.05) is 200 Å². The Kier molecular flexibility index (Phi) is 13.1. The second-order valence-electron chi connectivity index (χ2n) is 15.5. The van der Waals surface area contributed by atoms with E-state index in [4.69, 9.17) is 9.47 Å². The molecule has 0 radical (unpaired) electrons. The van der Waals surface area contributed by atoms with E-state index in [0.717, 1.165) is 50.1 Å². The molecule has 0 heterocycles. The first kappa shape index (κ1) is 41.9. The molecule has 1 aliphatic rings. The summed E-state index contributed by atoms with van der Waals surface area (Å²) in [7, 11) is 0. The maximum absolute atomic E-state index is 14.7. The largest absolute Gasteiger partial charge is 0.459 e. The van der Waals surface area contributed by atoms with Crippen molar-refractivity contribution < 1.29 is 28.7 Å². The molecule has 0 spiro atoms. The van der Waals surface area contributed by atoms with Crippen LogP contribution in [-0.2, 0) is 42.4 Å². The Bertz CT molecular complexity index is 2500. The highest BCUT2D eigenvalue weighted by Gasteiger charge is 2.39. The van der Waals surface area contributed by atoms with Gasteiger partial charge in [-0.15, -0.1) is 0 Å². The third-order valence-corrected chi connectivity index (χ3v) is 11.4. The second-order valence-corrected chi connectivity index (χ2v) is 15.5. The highest BCUT2D eigenvalue weighted by atomic mass is 16.5. The maximum Gasteiger partial charge on any atom is 0.407 e. The van der Waals surface area contributed by atoms with Crippen LogP contribution in [0.25, 0.3) is 11.1 Å². The average Bonchev–Trinajstić information content (AvgIpc) is 3.66. The minimum absolute atomic E-state index is 0.00872. The number of hydrogen-bond donors (Lipinski definition) is 3. The number of esters is 1. The maximum atomic E-state index is 14.7. The molecular weight excluding hydrogens is 787 g/mol. The van der Waals surface area contributed by atoms with E-state index in [1.807, 2.05) is 200 Å². The second kappa shape index (κ2) is 19.7. The van der Waals surface area contributed by atoms with Gasteiger partial charge in [-0.2, -0.15) is 0 Å². The molecule has 0 aliphatic heterocycles. The third kappa shape index (κ3) is 9.74. The summed E-state index contributed by atoms with van der Waals surface area (Å²) in [5.41, 5.74) is 6.90. The number of alkyl carbamates (subject to hydrolysis) is 1. The Morgan fingerprint density at radius 3 is 1.44 bits per heavy atom. The number of rotatable bonds is 16. The van der Waals surface area contributed by atoms with E-state index < -0.39 is 47.9 Å². The summed E-state index contributed by atoms with van der Waals surface area (Å²) in [6.45, 7) is -0.0207. The summed E-state index contributed by atoms with van der Waals surface area (Å²) >= 11 is 0. The Balaban J connectivity index is 1.09. The standard InChI is InChI=1S/C54H47N3O6/c58-50(57-54(40-24-10-3-11-25-40,41-26-12-4-13-27-41)42-28-14-5-15-29-42)35-48(56-53(61)63-37-47-45-32-18-16-30-43(45)44-31-17-19-33-46(44)47)51(59)55-49(34-38-20-6-1-7-21-38)52(60)62-36-39-22-8-2-9-23-39/h1-33,47-49H,34-37H2,(H,55,59)(H,56,61)(H,57,58)/t48-,49-/m0/s1. The van der Waals surface area contributed by atoms with Crippen molar-refractivity contribution >= 4 is 23.9 Å². The van der Waals surface area contributed by atoms with Crippen LogP contribution in [0.15, 0.2) is 200 Å². The molecule has 0 aromatic heterocycles. The van der Waals surface area contributed by atoms with Crippen molar-refractivity contribution in [3.63, 3.8) is 0 Å². The van der Waals surface area contributed by atoms with Crippen LogP contribution in [0.1, 0.15) is 51.3 Å². The Morgan fingerprint density at radius 1 is 0.492 bits per heavy atom. The van der Waals surface area contributed by atoms with Gasteiger partial charge < -0.3 is 25.4 Å². The number of ether oxygens (including phenoxy) is 2. The number of hydrogen-bond acceptors (Lipinski definition) is 6. The first-order valence-corrected chi connectivity index (χ1v) is 21.0. The van der Waals surface area contributed by atoms with Gasteiger partial charge in [0.25, 0.3) is 0 Å². The Labute approximate surface area is 367 Å². The summed E-state index contributed by atoms with van der Waals surface area (Å²) < 4.78 is 11.6. The number of amides is 3. The molecule has 9 nitrogen and oxygen atoms in total. The van der Waals surface area contributed by atoms with Gasteiger partial charge in [0.15, 0.2) is 0 Å². The minimum Gasteiger partial charge on any atom is -0.459 e. The van der Waals surface area contributed by atoms with Crippen molar-refractivity contribution in [3.05, 3.63) is 239 Å². The molecule has 0 saturated heterocycles. The van der Waals surface area contributed by atoms with E-state index in [-0.39, 0.29) is 25.6 Å². The van der Waals surface area contributed by atoms with E-state index >= 15 is 0 Å². The number of carbonyl (C=O) groups is 4. The Morgan fingerprint density at radius 2 is 0.937 bits per heavy atom.